The van der Waals surface area contributed by atoms with Crippen molar-refractivity contribution in [2.45, 2.75) is 24.7 Å². The van der Waals surface area contributed by atoms with E-state index in [1.54, 1.807) is 0 Å². The van der Waals surface area contributed by atoms with Crippen LogP contribution < -0.4 is 0 Å². The Balaban J connectivity index is 1.16. The topological polar surface area (TPSA) is 26.0 Å². The number of nitrogens with zero attached hydrogens (tertiary/aromatic N) is 1. The van der Waals surface area contributed by atoms with Crippen molar-refractivity contribution in [3.63, 3.8) is 0 Å². The van der Waals surface area contributed by atoms with Gasteiger partial charge in [0.25, 0.3) is 0 Å². The molecule has 0 aliphatic heterocycles. The Bertz CT molecular complexity index is 2770. The Morgan fingerprint density at radius 2 is 1.38 bits per heavy atom. The summed E-state index contributed by atoms with van der Waals surface area (Å²) in [5.41, 5.74) is 15.9. The summed E-state index contributed by atoms with van der Waals surface area (Å²) in [6.07, 6.45) is 7.52. The van der Waals surface area contributed by atoms with Crippen LogP contribution in [0.1, 0.15) is 46.2 Å². The van der Waals surface area contributed by atoms with Crippen LogP contribution in [0.25, 0.3) is 55.6 Å². The average molecular weight is 680 g/mol. The van der Waals surface area contributed by atoms with Crippen LogP contribution in [0, 0.1) is 0 Å². The van der Waals surface area contributed by atoms with E-state index in [4.69, 9.17) is 9.40 Å². The molecule has 2 nitrogen and oxygen atoms in total. The molecule has 7 aromatic carbocycles. The van der Waals surface area contributed by atoms with Crippen molar-refractivity contribution in [2.75, 3.05) is 0 Å². The molecule has 0 fully saturated rings. The van der Waals surface area contributed by atoms with Crippen LogP contribution in [0.5, 0.6) is 0 Å². The van der Waals surface area contributed by atoms with Gasteiger partial charge >= 0.3 is 0 Å². The van der Waals surface area contributed by atoms with E-state index in [-0.39, 0.29) is 0 Å². The fourth-order valence-electron chi connectivity index (χ4n) is 8.79. The Morgan fingerprint density at radius 1 is 0.642 bits per heavy atom. The van der Waals surface area contributed by atoms with Crippen LogP contribution in [0.15, 0.2) is 193 Å². The fourth-order valence-corrected chi connectivity index (χ4v) is 8.79. The van der Waals surface area contributed by atoms with E-state index in [0.29, 0.717) is 12.3 Å². The van der Waals surface area contributed by atoms with E-state index in [9.17, 15) is 0 Å². The SMILES string of the molecule is C=C(Cc1cc2nc(-c3ccccc3)oc2cc1-c1cccc(C2(c3ccccc3)C3=C(CCC=C3)c3ccccc32)c1)c1ccc2ccccc2c1. The van der Waals surface area contributed by atoms with Crippen molar-refractivity contribution in [1.82, 2.24) is 4.98 Å². The number of hydrogen-bond donors (Lipinski definition) is 0. The molecule has 0 amide bonds. The number of oxazole rings is 1. The number of aromatic nitrogens is 1. The summed E-state index contributed by atoms with van der Waals surface area (Å²) in [5.74, 6) is 0.625. The number of hydrogen-bond acceptors (Lipinski definition) is 2. The van der Waals surface area contributed by atoms with Crippen LogP contribution in [-0.2, 0) is 11.8 Å². The zero-order valence-corrected chi connectivity index (χ0v) is 29.4. The Kier molecular flexibility index (Phi) is 7.44. The van der Waals surface area contributed by atoms with Gasteiger partial charge in [-0.2, -0.15) is 0 Å². The number of allylic oxidation sites excluding steroid dienone is 5. The van der Waals surface area contributed by atoms with Crippen LogP contribution in [0.4, 0.5) is 0 Å². The van der Waals surface area contributed by atoms with E-state index in [1.807, 2.05) is 30.3 Å². The van der Waals surface area contributed by atoms with Gasteiger partial charge in [0.2, 0.25) is 5.89 Å². The normalized spacial score (nSPS) is 16.2. The van der Waals surface area contributed by atoms with E-state index in [2.05, 4.69) is 152 Å². The zero-order valence-electron chi connectivity index (χ0n) is 29.4. The minimum absolute atomic E-state index is 0.439. The lowest BCUT2D eigenvalue weighted by Crippen LogP contribution is -2.29. The van der Waals surface area contributed by atoms with Gasteiger partial charge in [0.1, 0.15) is 5.52 Å². The van der Waals surface area contributed by atoms with Gasteiger partial charge in [-0.1, -0.05) is 146 Å². The van der Waals surface area contributed by atoms with Crippen LogP contribution in [-0.4, -0.2) is 4.98 Å². The highest BCUT2D eigenvalue weighted by Gasteiger charge is 2.47. The molecule has 1 aromatic heterocycles. The second-order valence-electron chi connectivity index (χ2n) is 14.3. The third-order valence-corrected chi connectivity index (χ3v) is 11.2. The maximum absolute atomic E-state index is 6.50. The first kappa shape index (κ1) is 31.2. The molecule has 10 rings (SSSR count). The Labute approximate surface area is 310 Å². The maximum atomic E-state index is 6.50. The zero-order chi connectivity index (χ0) is 35.4. The third kappa shape index (κ3) is 5.13. The molecule has 0 bridgehead atoms. The summed E-state index contributed by atoms with van der Waals surface area (Å²) in [4.78, 5) is 4.99. The summed E-state index contributed by atoms with van der Waals surface area (Å²) in [7, 11) is 0. The van der Waals surface area contributed by atoms with Gasteiger partial charge in [0.05, 0.1) is 5.41 Å². The van der Waals surface area contributed by atoms with Gasteiger partial charge in [0.15, 0.2) is 5.58 Å². The van der Waals surface area contributed by atoms with Gasteiger partial charge in [-0.25, -0.2) is 4.98 Å². The number of benzene rings is 7. The summed E-state index contributed by atoms with van der Waals surface area (Å²) in [5, 5.41) is 2.44. The van der Waals surface area contributed by atoms with E-state index in [1.165, 1.54) is 49.7 Å². The van der Waals surface area contributed by atoms with Crippen LogP contribution in [0.3, 0.4) is 0 Å². The molecule has 1 unspecified atom stereocenters. The molecule has 0 radical (unpaired) electrons. The van der Waals surface area contributed by atoms with Crippen molar-refractivity contribution < 1.29 is 4.42 Å². The molecular weight excluding hydrogens is 643 g/mol. The van der Waals surface area contributed by atoms with Crippen molar-refractivity contribution >= 4 is 33.0 Å². The van der Waals surface area contributed by atoms with Crippen molar-refractivity contribution in [3.05, 3.63) is 221 Å². The molecule has 0 saturated heterocycles. The maximum Gasteiger partial charge on any atom is 0.227 e. The van der Waals surface area contributed by atoms with E-state index >= 15 is 0 Å². The fraction of sp³-hybridized carbons (Fsp3) is 0.0784. The number of fused-ring (bicyclic) bond motifs is 4. The van der Waals surface area contributed by atoms with Crippen LogP contribution >= 0.6 is 0 Å². The molecule has 8 aromatic rings. The molecule has 2 heteroatoms. The molecule has 53 heavy (non-hydrogen) atoms. The quantitative estimate of drug-likeness (QED) is 0.168. The Morgan fingerprint density at radius 3 is 2.25 bits per heavy atom. The molecule has 1 atom stereocenters. The summed E-state index contributed by atoms with van der Waals surface area (Å²) >= 11 is 0. The standard InChI is InChI=1S/C51H37NO/c1-34(37-28-27-35-15-8-9-18-38(35)30-37)29-40-32-48-49(53-50(52-48)36-16-4-2-5-17-36)33-45(40)39-19-14-22-42(31-39)51(41-20-6-3-7-21-41)46-25-12-10-23-43(46)44-24-11-13-26-47(44)51/h2-10,12-23,25-28,30-33H,1,11,24,29H2. The van der Waals surface area contributed by atoms with Gasteiger partial charge < -0.3 is 4.42 Å². The lowest BCUT2D eigenvalue weighted by molar-refractivity contribution is 0.620. The molecule has 252 valence electrons. The molecular formula is C51H37NO. The third-order valence-electron chi connectivity index (χ3n) is 11.2. The van der Waals surface area contributed by atoms with Gasteiger partial charge in [0, 0.05) is 5.56 Å². The highest BCUT2D eigenvalue weighted by atomic mass is 16.3. The molecule has 0 N–H and O–H groups in total. The summed E-state index contributed by atoms with van der Waals surface area (Å²) in [6, 6.07) is 59.0. The molecule has 0 saturated carbocycles. The second kappa shape index (κ2) is 12.6. The highest BCUT2D eigenvalue weighted by molar-refractivity contribution is 5.91. The molecule has 2 aliphatic rings. The first-order valence-corrected chi connectivity index (χ1v) is 18.5. The van der Waals surface area contributed by atoms with E-state index in [0.717, 1.165) is 51.8 Å². The van der Waals surface area contributed by atoms with Crippen molar-refractivity contribution in [1.29, 1.82) is 0 Å². The van der Waals surface area contributed by atoms with E-state index < -0.39 is 5.41 Å². The first-order chi connectivity index (χ1) is 26.2. The van der Waals surface area contributed by atoms with Crippen LogP contribution in [0.2, 0.25) is 0 Å². The number of rotatable bonds is 7. The highest BCUT2D eigenvalue weighted by Crippen LogP contribution is 2.57. The molecule has 2 aliphatic carbocycles. The minimum Gasteiger partial charge on any atom is -0.436 e. The summed E-state index contributed by atoms with van der Waals surface area (Å²) < 4.78 is 6.50. The average Bonchev–Trinajstić information content (AvgIpc) is 3.78. The van der Waals surface area contributed by atoms with Gasteiger partial charge in [-0.3, -0.25) is 0 Å². The Hall–Kier alpha value is -6.51. The summed E-state index contributed by atoms with van der Waals surface area (Å²) in [6.45, 7) is 4.64. The molecule has 1 heterocycles. The van der Waals surface area contributed by atoms with Crippen molar-refractivity contribution in [2.24, 2.45) is 0 Å². The first-order valence-electron chi connectivity index (χ1n) is 18.5. The lowest BCUT2D eigenvalue weighted by Gasteiger charge is -2.35. The largest absolute Gasteiger partial charge is 0.436 e. The monoisotopic (exact) mass is 679 g/mol. The predicted molar refractivity (Wildman–Crippen MR) is 220 cm³/mol. The van der Waals surface area contributed by atoms with Gasteiger partial charge in [-0.05, 0) is 128 Å². The minimum atomic E-state index is -0.439. The molecule has 0 spiro atoms. The smallest absolute Gasteiger partial charge is 0.227 e. The lowest BCUT2D eigenvalue weighted by atomic mass is 9.66. The van der Waals surface area contributed by atoms with Gasteiger partial charge in [-0.15, -0.1) is 0 Å². The second-order valence-corrected chi connectivity index (χ2v) is 14.3. The predicted octanol–water partition coefficient (Wildman–Crippen LogP) is 13.0. The van der Waals surface area contributed by atoms with Crippen molar-refractivity contribution in [3.8, 4) is 22.6 Å².